The van der Waals surface area contributed by atoms with Crippen molar-refractivity contribution in [2.24, 2.45) is 0 Å². The zero-order valence-electron chi connectivity index (χ0n) is 12.8. The van der Waals surface area contributed by atoms with Crippen LogP contribution >= 0.6 is 0 Å². The van der Waals surface area contributed by atoms with Gasteiger partial charge in [0.15, 0.2) is 0 Å². The van der Waals surface area contributed by atoms with Crippen LogP contribution in [0.4, 0.5) is 0 Å². The van der Waals surface area contributed by atoms with E-state index in [2.05, 4.69) is 5.10 Å². The SMILES string of the molecule is O=S(=O)(N1CCOCC1)N1CCCC[C@@H]1CCn1cccn1. The Labute approximate surface area is 132 Å². The van der Waals surface area contributed by atoms with Crippen molar-refractivity contribution in [3.63, 3.8) is 0 Å². The van der Waals surface area contributed by atoms with Crippen molar-refractivity contribution in [3.05, 3.63) is 18.5 Å². The fraction of sp³-hybridized carbons (Fsp3) is 0.786. The van der Waals surface area contributed by atoms with E-state index < -0.39 is 10.2 Å². The largest absolute Gasteiger partial charge is 0.379 e. The molecular formula is C14H24N4O3S. The van der Waals surface area contributed by atoms with Crippen molar-refractivity contribution in [2.45, 2.75) is 38.3 Å². The van der Waals surface area contributed by atoms with Crippen molar-refractivity contribution >= 4 is 10.2 Å². The lowest BCUT2D eigenvalue weighted by molar-refractivity contribution is 0.0679. The van der Waals surface area contributed by atoms with Crippen molar-refractivity contribution in [1.29, 1.82) is 0 Å². The van der Waals surface area contributed by atoms with Crippen LogP contribution in [0.3, 0.4) is 0 Å². The van der Waals surface area contributed by atoms with Gasteiger partial charge in [0.1, 0.15) is 0 Å². The van der Waals surface area contributed by atoms with Gasteiger partial charge in [0.2, 0.25) is 0 Å². The van der Waals surface area contributed by atoms with E-state index in [4.69, 9.17) is 4.74 Å². The molecule has 3 heterocycles. The third-order valence-electron chi connectivity index (χ3n) is 4.42. The summed E-state index contributed by atoms with van der Waals surface area (Å²) in [7, 11) is -3.37. The van der Waals surface area contributed by atoms with Crippen LogP contribution in [0.15, 0.2) is 18.5 Å². The molecule has 0 spiro atoms. The van der Waals surface area contributed by atoms with Gasteiger partial charge in [-0.05, 0) is 25.3 Å². The van der Waals surface area contributed by atoms with E-state index in [1.54, 1.807) is 14.8 Å². The molecule has 1 aromatic rings. The van der Waals surface area contributed by atoms with E-state index in [0.29, 0.717) is 32.8 Å². The maximum atomic E-state index is 12.9. The molecule has 0 radical (unpaired) electrons. The first-order valence-electron chi connectivity index (χ1n) is 8.00. The number of hydrogen-bond acceptors (Lipinski definition) is 4. The van der Waals surface area contributed by atoms with Crippen LogP contribution in [0.5, 0.6) is 0 Å². The normalized spacial score (nSPS) is 25.4. The van der Waals surface area contributed by atoms with E-state index in [1.807, 2.05) is 16.9 Å². The minimum Gasteiger partial charge on any atom is -0.379 e. The van der Waals surface area contributed by atoms with Crippen LogP contribution in [0.25, 0.3) is 0 Å². The smallest absolute Gasteiger partial charge is 0.282 e. The Morgan fingerprint density at radius 3 is 2.73 bits per heavy atom. The lowest BCUT2D eigenvalue weighted by Gasteiger charge is -2.39. The number of piperidine rings is 1. The minimum absolute atomic E-state index is 0.0748. The summed E-state index contributed by atoms with van der Waals surface area (Å²) in [6.07, 6.45) is 7.46. The quantitative estimate of drug-likeness (QED) is 0.798. The van der Waals surface area contributed by atoms with Gasteiger partial charge in [-0.2, -0.15) is 22.1 Å². The van der Waals surface area contributed by atoms with Crippen molar-refractivity contribution < 1.29 is 13.2 Å². The molecule has 7 nitrogen and oxygen atoms in total. The van der Waals surface area contributed by atoms with E-state index in [1.165, 1.54) is 0 Å². The minimum atomic E-state index is -3.37. The van der Waals surface area contributed by atoms with Crippen LogP contribution in [0.1, 0.15) is 25.7 Å². The molecule has 8 heteroatoms. The number of hydrogen-bond donors (Lipinski definition) is 0. The van der Waals surface area contributed by atoms with Gasteiger partial charge in [0, 0.05) is 44.6 Å². The van der Waals surface area contributed by atoms with Gasteiger partial charge in [-0.3, -0.25) is 4.68 Å². The lowest BCUT2D eigenvalue weighted by atomic mass is 10.0. The lowest BCUT2D eigenvalue weighted by Crippen LogP contribution is -2.53. The molecule has 1 atom stereocenters. The highest BCUT2D eigenvalue weighted by molar-refractivity contribution is 7.86. The predicted molar refractivity (Wildman–Crippen MR) is 82.5 cm³/mol. The second-order valence-corrected chi connectivity index (χ2v) is 7.72. The Kier molecular flexibility index (Phi) is 5.12. The molecule has 124 valence electrons. The summed E-state index contributed by atoms with van der Waals surface area (Å²) >= 11 is 0. The zero-order chi connectivity index (χ0) is 15.4. The molecule has 2 saturated heterocycles. The molecule has 0 N–H and O–H groups in total. The Morgan fingerprint density at radius 2 is 2.00 bits per heavy atom. The fourth-order valence-electron chi connectivity index (χ4n) is 3.21. The molecule has 0 aliphatic carbocycles. The third kappa shape index (κ3) is 3.51. The van der Waals surface area contributed by atoms with E-state index >= 15 is 0 Å². The molecule has 2 fully saturated rings. The molecule has 3 rings (SSSR count). The molecule has 22 heavy (non-hydrogen) atoms. The van der Waals surface area contributed by atoms with Crippen LogP contribution in [-0.4, -0.2) is 65.7 Å². The van der Waals surface area contributed by atoms with E-state index in [-0.39, 0.29) is 6.04 Å². The first-order valence-corrected chi connectivity index (χ1v) is 9.40. The van der Waals surface area contributed by atoms with Crippen LogP contribution in [0, 0.1) is 0 Å². The number of aromatic nitrogens is 2. The molecule has 0 bridgehead atoms. The summed E-state index contributed by atoms with van der Waals surface area (Å²) in [5.74, 6) is 0. The van der Waals surface area contributed by atoms with Crippen LogP contribution < -0.4 is 0 Å². The van der Waals surface area contributed by atoms with E-state index in [9.17, 15) is 8.42 Å². The Bertz CT molecular complexity index is 555. The second kappa shape index (κ2) is 7.08. The van der Waals surface area contributed by atoms with Crippen LogP contribution in [0.2, 0.25) is 0 Å². The summed E-state index contributed by atoms with van der Waals surface area (Å²) in [6, 6.07) is 1.97. The average molecular weight is 328 g/mol. The highest BCUT2D eigenvalue weighted by atomic mass is 32.2. The number of rotatable bonds is 5. The predicted octanol–water partition coefficient (Wildman–Crippen LogP) is 0.705. The van der Waals surface area contributed by atoms with Gasteiger partial charge in [0.25, 0.3) is 10.2 Å². The molecule has 0 saturated carbocycles. The molecule has 0 amide bonds. The summed E-state index contributed by atoms with van der Waals surface area (Å²) in [6.45, 7) is 3.29. The Hall–Kier alpha value is -0.960. The number of aryl methyl sites for hydroxylation is 1. The molecule has 2 aliphatic rings. The Morgan fingerprint density at radius 1 is 1.18 bits per heavy atom. The van der Waals surface area contributed by atoms with Crippen molar-refractivity contribution in [1.82, 2.24) is 18.4 Å². The first-order chi connectivity index (χ1) is 10.7. The monoisotopic (exact) mass is 328 g/mol. The van der Waals surface area contributed by atoms with Gasteiger partial charge in [0.05, 0.1) is 13.2 Å². The van der Waals surface area contributed by atoms with Gasteiger partial charge in [-0.25, -0.2) is 0 Å². The summed E-state index contributed by atoms with van der Waals surface area (Å²) in [5.41, 5.74) is 0. The maximum Gasteiger partial charge on any atom is 0.282 e. The van der Waals surface area contributed by atoms with Gasteiger partial charge in [-0.1, -0.05) is 6.42 Å². The van der Waals surface area contributed by atoms with E-state index in [0.717, 1.165) is 32.2 Å². The standard InChI is InChI=1S/C14H24N4O3S/c19-22(20,17-10-12-21-13-11-17)18-8-2-1-4-14(18)5-9-16-7-3-6-15-16/h3,6-7,14H,1-2,4-5,8-13H2/t14-/m1/s1. The van der Waals surface area contributed by atoms with Gasteiger partial charge >= 0.3 is 0 Å². The number of ether oxygens (including phenoxy) is 1. The number of nitrogens with zero attached hydrogens (tertiary/aromatic N) is 4. The van der Waals surface area contributed by atoms with Gasteiger partial charge < -0.3 is 4.74 Å². The highest BCUT2D eigenvalue weighted by Crippen LogP contribution is 2.25. The van der Waals surface area contributed by atoms with Gasteiger partial charge in [-0.15, -0.1) is 0 Å². The van der Waals surface area contributed by atoms with Crippen LogP contribution in [-0.2, 0) is 21.5 Å². The molecule has 0 aromatic carbocycles. The van der Waals surface area contributed by atoms with Crippen molar-refractivity contribution in [3.8, 4) is 0 Å². The van der Waals surface area contributed by atoms with Crippen molar-refractivity contribution in [2.75, 3.05) is 32.8 Å². The molecule has 0 unspecified atom stereocenters. The molecule has 2 aliphatic heterocycles. The second-order valence-electron chi connectivity index (χ2n) is 5.84. The summed E-state index contributed by atoms with van der Waals surface area (Å²) in [5, 5.41) is 4.20. The topological polar surface area (TPSA) is 67.7 Å². The highest BCUT2D eigenvalue weighted by Gasteiger charge is 2.36. The fourth-order valence-corrected chi connectivity index (χ4v) is 5.06. The average Bonchev–Trinajstić information content (AvgIpc) is 3.07. The third-order valence-corrected chi connectivity index (χ3v) is 6.51. The zero-order valence-corrected chi connectivity index (χ0v) is 13.6. The summed E-state index contributed by atoms with van der Waals surface area (Å²) < 4.78 is 36.2. The summed E-state index contributed by atoms with van der Waals surface area (Å²) in [4.78, 5) is 0. The number of morpholine rings is 1. The molecule has 1 aromatic heterocycles. The molecular weight excluding hydrogens is 304 g/mol. The maximum absolute atomic E-state index is 12.9. The Balaban J connectivity index is 1.68. The first kappa shape index (κ1) is 15.9.